The lowest BCUT2D eigenvalue weighted by Gasteiger charge is -2.08. The Balaban J connectivity index is 1.83. The zero-order valence-corrected chi connectivity index (χ0v) is 14.2. The second kappa shape index (κ2) is 7.14. The van der Waals surface area contributed by atoms with Crippen molar-refractivity contribution in [2.45, 2.75) is 20.0 Å². The summed E-state index contributed by atoms with van der Waals surface area (Å²) < 4.78 is 3.07. The van der Waals surface area contributed by atoms with Crippen molar-refractivity contribution in [1.82, 2.24) is 9.13 Å². The zero-order valence-electron chi connectivity index (χ0n) is 14.2. The van der Waals surface area contributed by atoms with Crippen LogP contribution in [0.2, 0.25) is 0 Å². The van der Waals surface area contributed by atoms with Crippen LogP contribution in [0.4, 0.5) is 16.2 Å². The van der Waals surface area contributed by atoms with Crippen LogP contribution in [0.25, 0.3) is 11.0 Å². The number of aromatic nitrogens is 2. The molecule has 3 rings (SSSR count). The van der Waals surface area contributed by atoms with E-state index in [1.54, 1.807) is 28.8 Å². The average molecular weight is 353 g/mol. The fourth-order valence-corrected chi connectivity index (χ4v) is 2.89. The van der Waals surface area contributed by atoms with Crippen LogP contribution >= 0.6 is 0 Å². The monoisotopic (exact) mass is 353 g/mol. The number of hydrogen-bond donors (Lipinski definition) is 3. The van der Waals surface area contributed by atoms with Gasteiger partial charge in [0.25, 0.3) is 0 Å². The maximum Gasteiger partial charge on any atom is 0.329 e. The second-order valence-corrected chi connectivity index (χ2v) is 5.72. The third kappa shape index (κ3) is 3.44. The zero-order chi connectivity index (χ0) is 18.7. The lowest BCUT2D eigenvalue weighted by Crippen LogP contribution is -2.29. The molecule has 3 aromatic rings. The number of aryl methyl sites for hydroxylation is 1. The maximum atomic E-state index is 12.6. The minimum absolute atomic E-state index is 0.111. The van der Waals surface area contributed by atoms with E-state index in [9.17, 15) is 14.4 Å². The summed E-state index contributed by atoms with van der Waals surface area (Å²) in [5.74, 6) is -0.345. The summed E-state index contributed by atoms with van der Waals surface area (Å²) >= 11 is 0. The first-order chi connectivity index (χ1) is 12.5. The number of carbonyl (C=O) groups is 2. The van der Waals surface area contributed by atoms with E-state index in [0.29, 0.717) is 23.4 Å². The summed E-state index contributed by atoms with van der Waals surface area (Å²) in [5, 5.41) is 5.16. The highest BCUT2D eigenvalue weighted by molar-refractivity contribution is 5.93. The predicted molar refractivity (Wildman–Crippen MR) is 100 cm³/mol. The Hall–Kier alpha value is -3.55. The van der Waals surface area contributed by atoms with E-state index in [1.165, 1.54) is 4.57 Å². The van der Waals surface area contributed by atoms with Gasteiger partial charge in [-0.15, -0.1) is 0 Å². The Labute approximate surface area is 149 Å². The molecule has 0 atom stereocenters. The number of fused-ring (bicyclic) bond motifs is 1. The smallest absolute Gasteiger partial charge is 0.329 e. The molecule has 1 aromatic heterocycles. The molecule has 1 heterocycles. The number of nitrogens with zero attached hydrogens (tertiary/aromatic N) is 2. The van der Waals surface area contributed by atoms with Gasteiger partial charge in [-0.2, -0.15) is 0 Å². The molecule has 0 fully saturated rings. The number of carbonyl (C=O) groups excluding carboxylic acids is 2. The number of imidazole rings is 1. The third-order valence-electron chi connectivity index (χ3n) is 3.96. The van der Waals surface area contributed by atoms with Gasteiger partial charge in [0.1, 0.15) is 6.54 Å². The van der Waals surface area contributed by atoms with E-state index in [2.05, 4.69) is 10.6 Å². The maximum absolute atomic E-state index is 12.6. The number of amides is 3. The van der Waals surface area contributed by atoms with Crippen LogP contribution in [-0.2, 0) is 17.9 Å². The van der Waals surface area contributed by atoms with E-state index in [-0.39, 0.29) is 18.1 Å². The van der Waals surface area contributed by atoms with Crippen molar-refractivity contribution in [2.75, 3.05) is 10.6 Å². The molecule has 0 spiro atoms. The molecule has 2 aromatic carbocycles. The summed E-state index contributed by atoms with van der Waals surface area (Å²) in [4.78, 5) is 35.9. The van der Waals surface area contributed by atoms with Crippen molar-refractivity contribution in [3.05, 3.63) is 59.0 Å². The Morgan fingerprint density at radius 2 is 1.58 bits per heavy atom. The number of nitrogens with one attached hydrogen (secondary N) is 2. The molecule has 134 valence electrons. The molecule has 0 aliphatic carbocycles. The van der Waals surface area contributed by atoms with Crippen LogP contribution in [0.3, 0.4) is 0 Å². The Kier molecular flexibility index (Phi) is 4.74. The summed E-state index contributed by atoms with van der Waals surface area (Å²) in [6.45, 7) is 2.30. The van der Waals surface area contributed by atoms with Crippen molar-refractivity contribution in [3.63, 3.8) is 0 Å². The number of hydrogen-bond acceptors (Lipinski definition) is 3. The van der Waals surface area contributed by atoms with Crippen molar-refractivity contribution >= 4 is 34.3 Å². The highest BCUT2D eigenvalue weighted by atomic mass is 16.2. The second-order valence-electron chi connectivity index (χ2n) is 5.72. The van der Waals surface area contributed by atoms with Crippen LogP contribution in [0, 0.1) is 0 Å². The van der Waals surface area contributed by atoms with Gasteiger partial charge in [0.05, 0.1) is 11.0 Å². The molecule has 4 N–H and O–H groups in total. The molecule has 8 nitrogen and oxygen atoms in total. The molecule has 26 heavy (non-hydrogen) atoms. The molecular weight excluding hydrogens is 334 g/mol. The number of para-hydroxylation sites is 2. The van der Waals surface area contributed by atoms with Gasteiger partial charge >= 0.3 is 11.7 Å². The summed E-state index contributed by atoms with van der Waals surface area (Å²) in [7, 11) is 0. The first-order valence-electron chi connectivity index (χ1n) is 8.14. The minimum Gasteiger partial charge on any atom is -0.351 e. The summed E-state index contributed by atoms with van der Waals surface area (Å²) in [5.41, 5.74) is 7.32. The van der Waals surface area contributed by atoms with E-state index < -0.39 is 6.03 Å². The standard InChI is InChI=1S/C18H19N5O3/c1-2-22-14-8-3-4-9-15(14)23(18(22)26)11-16(24)20-12-6-5-7-13(10-12)21-17(19)25/h3-10H,2,11H2,1H3,(H,20,24)(H3,19,21,25). The molecule has 0 saturated carbocycles. The third-order valence-corrected chi connectivity index (χ3v) is 3.96. The van der Waals surface area contributed by atoms with Crippen LogP contribution in [0.5, 0.6) is 0 Å². The molecule has 0 saturated heterocycles. The van der Waals surface area contributed by atoms with Crippen molar-refractivity contribution < 1.29 is 9.59 Å². The van der Waals surface area contributed by atoms with Crippen molar-refractivity contribution in [2.24, 2.45) is 5.73 Å². The minimum atomic E-state index is -0.688. The predicted octanol–water partition coefficient (Wildman–Crippen LogP) is 1.95. The van der Waals surface area contributed by atoms with E-state index in [4.69, 9.17) is 5.73 Å². The molecule has 0 unspecified atom stereocenters. The number of nitrogens with two attached hydrogens (primary N) is 1. The van der Waals surface area contributed by atoms with Gasteiger partial charge in [0.15, 0.2) is 0 Å². The number of rotatable bonds is 5. The molecular formula is C18H19N5O3. The lowest BCUT2D eigenvalue weighted by molar-refractivity contribution is -0.116. The largest absolute Gasteiger partial charge is 0.351 e. The van der Waals surface area contributed by atoms with E-state index in [1.807, 2.05) is 31.2 Å². The highest BCUT2D eigenvalue weighted by Crippen LogP contribution is 2.16. The quantitative estimate of drug-likeness (QED) is 0.652. The summed E-state index contributed by atoms with van der Waals surface area (Å²) in [6, 6.07) is 13.3. The average Bonchev–Trinajstić information content (AvgIpc) is 2.86. The van der Waals surface area contributed by atoms with Gasteiger partial charge in [-0.1, -0.05) is 18.2 Å². The van der Waals surface area contributed by atoms with Crippen LogP contribution in [-0.4, -0.2) is 21.1 Å². The number of primary amides is 1. The number of benzene rings is 2. The molecule has 0 radical (unpaired) electrons. The summed E-state index contributed by atoms with van der Waals surface area (Å²) in [6.07, 6.45) is 0. The molecule has 0 bridgehead atoms. The fourth-order valence-electron chi connectivity index (χ4n) is 2.89. The topological polar surface area (TPSA) is 111 Å². The van der Waals surface area contributed by atoms with Crippen LogP contribution in [0.1, 0.15) is 6.92 Å². The lowest BCUT2D eigenvalue weighted by atomic mass is 10.2. The van der Waals surface area contributed by atoms with Gasteiger partial charge < -0.3 is 16.4 Å². The van der Waals surface area contributed by atoms with Gasteiger partial charge in [0.2, 0.25) is 5.91 Å². The highest BCUT2D eigenvalue weighted by Gasteiger charge is 2.14. The van der Waals surface area contributed by atoms with Gasteiger partial charge in [-0.05, 0) is 37.3 Å². The van der Waals surface area contributed by atoms with Crippen molar-refractivity contribution in [1.29, 1.82) is 0 Å². The number of urea groups is 1. The van der Waals surface area contributed by atoms with Gasteiger partial charge in [-0.3, -0.25) is 13.9 Å². The van der Waals surface area contributed by atoms with Crippen LogP contribution in [0.15, 0.2) is 53.3 Å². The van der Waals surface area contributed by atoms with E-state index >= 15 is 0 Å². The van der Waals surface area contributed by atoms with Gasteiger partial charge in [-0.25, -0.2) is 9.59 Å². The Bertz CT molecular complexity index is 1030. The van der Waals surface area contributed by atoms with E-state index in [0.717, 1.165) is 5.52 Å². The van der Waals surface area contributed by atoms with Crippen LogP contribution < -0.4 is 22.1 Å². The Morgan fingerprint density at radius 3 is 2.19 bits per heavy atom. The molecule has 3 amide bonds. The normalized spacial score (nSPS) is 10.7. The Morgan fingerprint density at radius 1 is 0.962 bits per heavy atom. The SMILES string of the molecule is CCn1c(=O)n(CC(=O)Nc2cccc(NC(N)=O)c2)c2ccccc21. The molecule has 8 heteroatoms. The van der Waals surface area contributed by atoms with Gasteiger partial charge in [0, 0.05) is 17.9 Å². The molecule has 0 aliphatic rings. The fraction of sp³-hybridized carbons (Fsp3) is 0.167. The first kappa shape index (κ1) is 17.3. The number of anilines is 2. The molecule has 0 aliphatic heterocycles. The van der Waals surface area contributed by atoms with Crippen molar-refractivity contribution in [3.8, 4) is 0 Å². The first-order valence-corrected chi connectivity index (χ1v) is 8.14.